The van der Waals surface area contributed by atoms with Crippen molar-refractivity contribution < 1.29 is 8.78 Å². The highest BCUT2D eigenvalue weighted by atomic mass is 35.5. The standard InChI is InChI=1S/C9H6ClF2N3/c10-6-4(2-1-3-5(6)11)8-7(12)9(13)15-14-8/h1-3H,(H3,13,14,15). The summed E-state index contributed by atoms with van der Waals surface area (Å²) in [5.41, 5.74) is 5.39. The Kier molecular flexibility index (Phi) is 2.32. The van der Waals surface area contributed by atoms with Gasteiger partial charge in [-0.1, -0.05) is 23.7 Å². The first-order valence-corrected chi connectivity index (χ1v) is 4.42. The number of hydrogen-bond donors (Lipinski definition) is 2. The molecule has 78 valence electrons. The fourth-order valence-electron chi connectivity index (χ4n) is 1.22. The van der Waals surface area contributed by atoms with Crippen molar-refractivity contribution >= 4 is 17.4 Å². The van der Waals surface area contributed by atoms with Gasteiger partial charge in [-0.05, 0) is 6.07 Å². The minimum atomic E-state index is -0.734. The normalized spacial score (nSPS) is 10.6. The number of anilines is 1. The number of aromatic nitrogens is 2. The molecule has 0 fully saturated rings. The van der Waals surface area contributed by atoms with Gasteiger partial charge in [0.15, 0.2) is 11.6 Å². The third-order valence-corrected chi connectivity index (χ3v) is 2.34. The van der Waals surface area contributed by atoms with E-state index in [0.29, 0.717) is 0 Å². The summed E-state index contributed by atoms with van der Waals surface area (Å²) >= 11 is 5.68. The average molecular weight is 230 g/mol. The van der Waals surface area contributed by atoms with Gasteiger partial charge in [0.1, 0.15) is 11.5 Å². The molecular weight excluding hydrogens is 224 g/mol. The van der Waals surface area contributed by atoms with E-state index >= 15 is 0 Å². The highest BCUT2D eigenvalue weighted by Gasteiger charge is 2.16. The second-order valence-corrected chi connectivity index (χ2v) is 3.28. The van der Waals surface area contributed by atoms with Crippen LogP contribution in [-0.4, -0.2) is 10.2 Å². The van der Waals surface area contributed by atoms with Crippen LogP contribution >= 0.6 is 11.6 Å². The quantitative estimate of drug-likeness (QED) is 0.790. The van der Waals surface area contributed by atoms with E-state index in [2.05, 4.69) is 10.2 Å². The highest BCUT2D eigenvalue weighted by molar-refractivity contribution is 6.33. The van der Waals surface area contributed by atoms with Crippen LogP contribution < -0.4 is 5.73 Å². The lowest BCUT2D eigenvalue weighted by atomic mass is 10.1. The summed E-state index contributed by atoms with van der Waals surface area (Å²) in [4.78, 5) is 0. The number of nitrogens with zero attached hydrogens (tertiary/aromatic N) is 1. The van der Waals surface area contributed by atoms with Crippen molar-refractivity contribution in [2.45, 2.75) is 0 Å². The molecule has 0 spiro atoms. The second kappa shape index (κ2) is 3.51. The van der Waals surface area contributed by atoms with Crippen LogP contribution in [0.2, 0.25) is 5.02 Å². The molecule has 6 heteroatoms. The maximum absolute atomic E-state index is 13.4. The number of benzene rings is 1. The number of nitrogens with one attached hydrogen (secondary N) is 1. The van der Waals surface area contributed by atoms with Gasteiger partial charge >= 0.3 is 0 Å². The number of aromatic amines is 1. The van der Waals surface area contributed by atoms with Crippen molar-refractivity contribution in [3.05, 3.63) is 34.9 Å². The van der Waals surface area contributed by atoms with Crippen molar-refractivity contribution in [1.29, 1.82) is 0 Å². The van der Waals surface area contributed by atoms with Crippen LogP contribution in [0.15, 0.2) is 18.2 Å². The molecule has 0 aliphatic rings. The summed E-state index contributed by atoms with van der Waals surface area (Å²) in [6.45, 7) is 0. The summed E-state index contributed by atoms with van der Waals surface area (Å²) in [6, 6.07) is 4.08. The molecule has 15 heavy (non-hydrogen) atoms. The van der Waals surface area contributed by atoms with E-state index in [9.17, 15) is 8.78 Å². The molecule has 1 aromatic heterocycles. The van der Waals surface area contributed by atoms with Gasteiger partial charge < -0.3 is 5.73 Å². The molecule has 0 amide bonds. The first kappa shape index (κ1) is 9.92. The molecule has 3 N–H and O–H groups in total. The van der Waals surface area contributed by atoms with Crippen LogP contribution in [-0.2, 0) is 0 Å². The van der Waals surface area contributed by atoms with Crippen LogP contribution in [0, 0.1) is 11.6 Å². The molecule has 1 heterocycles. The summed E-state index contributed by atoms with van der Waals surface area (Å²) in [7, 11) is 0. The van der Waals surface area contributed by atoms with Gasteiger partial charge in [0.25, 0.3) is 0 Å². The zero-order chi connectivity index (χ0) is 11.0. The topological polar surface area (TPSA) is 54.7 Å². The third kappa shape index (κ3) is 1.55. The fourth-order valence-corrected chi connectivity index (χ4v) is 1.44. The molecule has 0 radical (unpaired) electrons. The molecule has 0 aliphatic carbocycles. The van der Waals surface area contributed by atoms with Gasteiger partial charge in [-0.25, -0.2) is 8.78 Å². The molecule has 0 atom stereocenters. The van der Waals surface area contributed by atoms with Crippen LogP contribution in [0.1, 0.15) is 0 Å². The Bertz CT molecular complexity index is 510. The molecule has 3 nitrogen and oxygen atoms in total. The summed E-state index contributed by atoms with van der Waals surface area (Å²) in [5, 5.41) is 5.65. The minimum Gasteiger partial charge on any atom is -0.380 e. The van der Waals surface area contributed by atoms with Crippen molar-refractivity contribution in [2.75, 3.05) is 5.73 Å². The molecule has 0 saturated heterocycles. The number of nitrogens with two attached hydrogens (primary N) is 1. The van der Waals surface area contributed by atoms with Crippen molar-refractivity contribution in [1.82, 2.24) is 10.2 Å². The van der Waals surface area contributed by atoms with Crippen LogP contribution in [0.25, 0.3) is 11.3 Å². The zero-order valence-electron chi connectivity index (χ0n) is 7.39. The smallest absolute Gasteiger partial charge is 0.192 e. The number of H-pyrrole nitrogens is 1. The lowest BCUT2D eigenvalue weighted by molar-refractivity contribution is 0.626. The lowest BCUT2D eigenvalue weighted by Crippen LogP contribution is -1.89. The summed E-state index contributed by atoms with van der Waals surface area (Å²) < 4.78 is 26.4. The minimum absolute atomic E-state index is 0.0167. The van der Waals surface area contributed by atoms with E-state index in [1.807, 2.05) is 0 Å². The first-order valence-electron chi connectivity index (χ1n) is 4.05. The highest BCUT2D eigenvalue weighted by Crippen LogP contribution is 2.31. The Hall–Kier alpha value is -1.62. The molecule has 0 bridgehead atoms. The monoisotopic (exact) mass is 229 g/mol. The van der Waals surface area contributed by atoms with Gasteiger partial charge in [-0.2, -0.15) is 5.10 Å². The van der Waals surface area contributed by atoms with Crippen LogP contribution in [0.4, 0.5) is 14.6 Å². The molecule has 1 aromatic carbocycles. The van der Waals surface area contributed by atoms with E-state index < -0.39 is 11.6 Å². The Morgan fingerprint density at radius 2 is 2.07 bits per heavy atom. The Morgan fingerprint density at radius 1 is 1.33 bits per heavy atom. The summed E-state index contributed by atoms with van der Waals surface area (Å²) in [6.07, 6.45) is 0. The number of halogens is 3. The van der Waals surface area contributed by atoms with Gasteiger partial charge in [0.05, 0.1) is 5.02 Å². The van der Waals surface area contributed by atoms with E-state index in [1.54, 1.807) is 0 Å². The zero-order valence-corrected chi connectivity index (χ0v) is 8.15. The molecule has 2 rings (SSSR count). The van der Waals surface area contributed by atoms with Crippen LogP contribution in [0.3, 0.4) is 0 Å². The van der Waals surface area contributed by atoms with Crippen molar-refractivity contribution in [2.24, 2.45) is 0 Å². The SMILES string of the molecule is Nc1n[nH]c(-c2cccc(F)c2Cl)c1F. The predicted molar refractivity (Wildman–Crippen MR) is 53.4 cm³/mol. The molecule has 0 unspecified atom stereocenters. The maximum Gasteiger partial charge on any atom is 0.192 e. The Balaban J connectivity index is 2.64. The van der Waals surface area contributed by atoms with Gasteiger partial charge in [0, 0.05) is 5.56 Å². The Morgan fingerprint density at radius 3 is 2.67 bits per heavy atom. The van der Waals surface area contributed by atoms with Gasteiger partial charge in [0.2, 0.25) is 0 Å². The van der Waals surface area contributed by atoms with Crippen molar-refractivity contribution in [3.8, 4) is 11.3 Å². The van der Waals surface area contributed by atoms with E-state index in [0.717, 1.165) is 0 Å². The largest absolute Gasteiger partial charge is 0.380 e. The molecular formula is C9H6ClF2N3. The van der Waals surface area contributed by atoms with E-state index in [4.69, 9.17) is 17.3 Å². The average Bonchev–Trinajstić information content (AvgIpc) is 2.53. The number of nitrogen functional groups attached to an aromatic ring is 1. The van der Waals surface area contributed by atoms with Crippen molar-refractivity contribution in [3.63, 3.8) is 0 Å². The predicted octanol–water partition coefficient (Wildman–Crippen LogP) is 2.59. The maximum atomic E-state index is 13.4. The number of hydrogen-bond acceptors (Lipinski definition) is 2. The van der Waals surface area contributed by atoms with Gasteiger partial charge in [-0.3, -0.25) is 5.10 Å². The molecule has 0 saturated carbocycles. The summed E-state index contributed by atoms with van der Waals surface area (Å²) in [5.74, 6) is -1.63. The first-order chi connectivity index (χ1) is 7.11. The Labute approximate surface area is 88.9 Å². The fraction of sp³-hybridized carbons (Fsp3) is 0. The number of rotatable bonds is 1. The van der Waals surface area contributed by atoms with E-state index in [1.165, 1.54) is 18.2 Å². The second-order valence-electron chi connectivity index (χ2n) is 2.90. The molecule has 0 aliphatic heterocycles. The molecule has 2 aromatic rings. The van der Waals surface area contributed by atoms with Crippen LogP contribution in [0.5, 0.6) is 0 Å². The third-order valence-electron chi connectivity index (χ3n) is 1.95. The van der Waals surface area contributed by atoms with E-state index in [-0.39, 0.29) is 22.1 Å². The lowest BCUT2D eigenvalue weighted by Gasteiger charge is -2.01. The van der Waals surface area contributed by atoms with Gasteiger partial charge in [-0.15, -0.1) is 0 Å².